The number of ether oxygens (including phenoxy) is 4. The summed E-state index contributed by atoms with van der Waals surface area (Å²) < 4.78 is 68.4. The fourth-order valence-electron chi connectivity index (χ4n) is 11.1. The first-order chi connectivity index (χ1) is 44.4. The monoisotopic (exact) mass is 1350 g/mol. The predicted molar refractivity (Wildman–Crippen MR) is 372 cm³/mol. The zero-order valence-corrected chi connectivity index (χ0v) is 61.6. The van der Waals surface area contributed by atoms with Crippen molar-refractivity contribution in [2.24, 2.45) is 11.8 Å². The van der Waals surface area contributed by atoms with E-state index in [4.69, 9.17) is 37.0 Å². The number of phosphoric acid groups is 2. The molecule has 0 radical (unpaired) electrons. The topological polar surface area (TPSA) is 237 Å². The number of hydrogen-bond acceptors (Lipinski definition) is 15. The van der Waals surface area contributed by atoms with Crippen LogP contribution in [0.25, 0.3) is 0 Å². The number of phosphoric ester groups is 2. The minimum atomic E-state index is -4.95. The van der Waals surface area contributed by atoms with Crippen molar-refractivity contribution < 1.29 is 80.2 Å². The first-order valence-corrected chi connectivity index (χ1v) is 41.0. The highest BCUT2D eigenvalue weighted by Gasteiger charge is 2.30. The van der Waals surface area contributed by atoms with Crippen LogP contribution < -0.4 is 0 Å². The molecule has 0 aliphatic rings. The van der Waals surface area contributed by atoms with Crippen LogP contribution in [-0.4, -0.2) is 96.7 Å². The van der Waals surface area contributed by atoms with Crippen molar-refractivity contribution in [3.05, 3.63) is 0 Å². The molecule has 17 nitrogen and oxygen atoms in total. The second kappa shape index (κ2) is 65.0. The van der Waals surface area contributed by atoms with Gasteiger partial charge in [0.05, 0.1) is 26.4 Å². The van der Waals surface area contributed by atoms with Gasteiger partial charge in [0.2, 0.25) is 0 Å². The van der Waals surface area contributed by atoms with E-state index in [2.05, 4.69) is 41.5 Å². The standard InChI is InChI=1S/C73H142O17P2/c1-7-9-11-13-15-17-19-20-21-22-23-24-25-26-27-31-39-45-51-57-72(77)89-68(61-84-71(76)56-50-44-38-32-28-29-35-41-47-53-65(3)4)63-87-91(79,80)85-59-67(74)60-86-92(81,82)88-64-69(62-83-70(75)55-49-43-37-30-18-16-14-12-10-8-2)90-73(78)58-52-46-40-34-33-36-42-48-54-66(5)6/h65-69,74H,7-64H2,1-6H3,(H,79,80)(H,81,82)/t67-,68-,69-/m1/s1. The lowest BCUT2D eigenvalue weighted by molar-refractivity contribution is -0.161. The average Bonchev–Trinajstić information content (AvgIpc) is 1.54. The van der Waals surface area contributed by atoms with E-state index < -0.39 is 97.5 Å². The fourth-order valence-corrected chi connectivity index (χ4v) is 12.7. The minimum Gasteiger partial charge on any atom is -0.462 e. The normalized spacial score (nSPS) is 14.1. The Balaban J connectivity index is 5.21. The number of aliphatic hydroxyl groups is 1. The Morgan fingerprint density at radius 3 is 0.739 bits per heavy atom. The Labute approximate surface area is 562 Å². The summed E-state index contributed by atoms with van der Waals surface area (Å²) in [5.41, 5.74) is 0. The van der Waals surface area contributed by atoms with Crippen LogP contribution in [0.5, 0.6) is 0 Å². The number of rotatable bonds is 72. The molecule has 0 aliphatic heterocycles. The summed E-state index contributed by atoms with van der Waals surface area (Å²) in [7, 11) is -9.90. The third-order valence-electron chi connectivity index (χ3n) is 17.0. The number of carbonyl (C=O) groups is 4. The van der Waals surface area contributed by atoms with Gasteiger partial charge in [-0.3, -0.25) is 37.3 Å². The summed E-state index contributed by atoms with van der Waals surface area (Å²) in [5.74, 6) is -0.660. The highest BCUT2D eigenvalue weighted by atomic mass is 31.2. The van der Waals surface area contributed by atoms with Gasteiger partial charge in [0.1, 0.15) is 19.3 Å². The maximum Gasteiger partial charge on any atom is 0.472 e. The van der Waals surface area contributed by atoms with E-state index in [1.165, 1.54) is 193 Å². The molecule has 0 aromatic heterocycles. The largest absolute Gasteiger partial charge is 0.472 e. The van der Waals surface area contributed by atoms with E-state index in [0.29, 0.717) is 25.7 Å². The van der Waals surface area contributed by atoms with Crippen LogP contribution in [0.2, 0.25) is 0 Å². The van der Waals surface area contributed by atoms with Gasteiger partial charge in [-0.15, -0.1) is 0 Å². The molecule has 0 saturated carbocycles. The van der Waals surface area contributed by atoms with Gasteiger partial charge in [-0.25, -0.2) is 9.13 Å². The Bertz CT molecular complexity index is 1790. The lowest BCUT2D eigenvalue weighted by Gasteiger charge is -2.21. The molecule has 0 bridgehead atoms. The molecule has 3 N–H and O–H groups in total. The highest BCUT2D eigenvalue weighted by Crippen LogP contribution is 2.45. The summed E-state index contributed by atoms with van der Waals surface area (Å²) in [6.45, 7) is 9.50. The number of esters is 4. The molecule has 546 valence electrons. The molecule has 92 heavy (non-hydrogen) atoms. The fraction of sp³-hybridized carbons (Fsp3) is 0.945. The maximum atomic E-state index is 13.0. The summed E-state index contributed by atoms with van der Waals surface area (Å²) in [5, 5.41) is 10.6. The lowest BCUT2D eigenvalue weighted by Crippen LogP contribution is -2.30. The van der Waals surface area contributed by atoms with Gasteiger partial charge in [0.15, 0.2) is 12.2 Å². The first kappa shape index (κ1) is 90.1. The van der Waals surface area contributed by atoms with Crippen molar-refractivity contribution in [3.8, 4) is 0 Å². The Morgan fingerprint density at radius 1 is 0.293 bits per heavy atom. The molecule has 0 amide bonds. The van der Waals surface area contributed by atoms with Gasteiger partial charge < -0.3 is 33.8 Å². The third-order valence-corrected chi connectivity index (χ3v) is 18.9. The van der Waals surface area contributed by atoms with Gasteiger partial charge >= 0.3 is 39.5 Å². The average molecular weight is 1350 g/mol. The summed E-state index contributed by atoms with van der Waals surface area (Å²) in [4.78, 5) is 72.6. The van der Waals surface area contributed by atoms with Crippen LogP contribution in [0.3, 0.4) is 0 Å². The number of unbranched alkanes of at least 4 members (excludes halogenated alkanes) is 42. The Hall–Kier alpha value is -1.94. The molecule has 0 saturated heterocycles. The maximum absolute atomic E-state index is 13.0. The van der Waals surface area contributed by atoms with Crippen molar-refractivity contribution >= 4 is 39.5 Å². The van der Waals surface area contributed by atoms with Crippen LogP contribution in [0.15, 0.2) is 0 Å². The lowest BCUT2D eigenvalue weighted by atomic mass is 10.0. The summed E-state index contributed by atoms with van der Waals surface area (Å²) in [6.07, 6.45) is 51.4. The number of aliphatic hydroxyl groups excluding tert-OH is 1. The Morgan fingerprint density at radius 2 is 0.500 bits per heavy atom. The second-order valence-electron chi connectivity index (χ2n) is 27.3. The SMILES string of the molecule is CCCCCCCCCCCCCCCCCCCCCC(=O)O[C@H](COC(=O)CCCCCCCCCCCC(C)C)COP(=O)(O)OC[C@@H](O)COP(=O)(O)OC[C@@H](COC(=O)CCCCCCCCCCCC)OC(=O)CCCCCCCCCCC(C)C. The van der Waals surface area contributed by atoms with Crippen molar-refractivity contribution in [2.75, 3.05) is 39.6 Å². The molecule has 19 heteroatoms. The van der Waals surface area contributed by atoms with Gasteiger partial charge in [0.25, 0.3) is 0 Å². The molecule has 0 aliphatic carbocycles. The molecule has 0 spiro atoms. The number of hydrogen-bond donors (Lipinski definition) is 3. The van der Waals surface area contributed by atoms with Crippen LogP contribution >= 0.6 is 15.6 Å². The molecule has 0 rings (SSSR count). The second-order valence-corrected chi connectivity index (χ2v) is 30.2. The molecule has 2 unspecified atom stereocenters. The van der Waals surface area contributed by atoms with Crippen molar-refractivity contribution in [3.63, 3.8) is 0 Å². The van der Waals surface area contributed by atoms with Crippen LogP contribution in [0, 0.1) is 11.8 Å². The van der Waals surface area contributed by atoms with E-state index in [0.717, 1.165) is 102 Å². The van der Waals surface area contributed by atoms with Gasteiger partial charge in [0, 0.05) is 25.7 Å². The zero-order chi connectivity index (χ0) is 67.9. The molecule has 5 atom stereocenters. The van der Waals surface area contributed by atoms with Crippen molar-refractivity contribution in [2.45, 2.75) is 394 Å². The molecule has 0 aromatic rings. The zero-order valence-electron chi connectivity index (χ0n) is 59.9. The Kier molecular flexibility index (Phi) is 63.7. The molecule has 0 heterocycles. The van der Waals surface area contributed by atoms with Gasteiger partial charge in [-0.2, -0.15) is 0 Å². The van der Waals surface area contributed by atoms with Gasteiger partial charge in [-0.05, 0) is 37.5 Å². The van der Waals surface area contributed by atoms with Crippen molar-refractivity contribution in [1.29, 1.82) is 0 Å². The molecular weight excluding hydrogens is 1210 g/mol. The predicted octanol–water partition coefficient (Wildman–Crippen LogP) is 21.2. The quantitative estimate of drug-likeness (QED) is 0.0222. The van der Waals surface area contributed by atoms with E-state index in [1.807, 2.05) is 0 Å². The van der Waals surface area contributed by atoms with Crippen LogP contribution in [0.1, 0.15) is 375 Å². The molecule has 0 aromatic carbocycles. The van der Waals surface area contributed by atoms with E-state index >= 15 is 0 Å². The van der Waals surface area contributed by atoms with Crippen LogP contribution in [-0.2, 0) is 65.4 Å². The van der Waals surface area contributed by atoms with Gasteiger partial charge in [-0.1, -0.05) is 324 Å². The highest BCUT2D eigenvalue weighted by molar-refractivity contribution is 7.47. The third kappa shape index (κ3) is 66.7. The minimum absolute atomic E-state index is 0.105. The smallest absolute Gasteiger partial charge is 0.462 e. The first-order valence-electron chi connectivity index (χ1n) is 38.0. The van der Waals surface area contributed by atoms with E-state index in [1.54, 1.807) is 0 Å². The number of carbonyl (C=O) groups excluding carboxylic acids is 4. The van der Waals surface area contributed by atoms with E-state index in [-0.39, 0.29) is 25.7 Å². The molecular formula is C73H142O17P2. The summed E-state index contributed by atoms with van der Waals surface area (Å²) >= 11 is 0. The molecule has 0 fully saturated rings. The van der Waals surface area contributed by atoms with Crippen LogP contribution in [0.4, 0.5) is 0 Å². The summed E-state index contributed by atoms with van der Waals surface area (Å²) in [6, 6.07) is 0. The van der Waals surface area contributed by atoms with Crippen molar-refractivity contribution in [1.82, 2.24) is 0 Å². The van der Waals surface area contributed by atoms with E-state index in [9.17, 15) is 43.2 Å².